The molecule has 6 nitrogen and oxygen atoms in total. The normalized spacial score (nSPS) is 31.0. The van der Waals surface area contributed by atoms with Gasteiger partial charge in [-0.1, -0.05) is 26.7 Å². The van der Waals surface area contributed by atoms with E-state index in [4.69, 9.17) is 0 Å². The third-order valence-corrected chi connectivity index (χ3v) is 7.18. The lowest BCUT2D eigenvalue weighted by Gasteiger charge is -2.38. The fraction of sp³-hybridized carbons (Fsp3) is 0.933. The summed E-state index contributed by atoms with van der Waals surface area (Å²) in [6.45, 7) is 7.86. The van der Waals surface area contributed by atoms with Gasteiger partial charge in [-0.2, -0.15) is 4.31 Å². The van der Waals surface area contributed by atoms with Gasteiger partial charge in [-0.15, -0.1) is 0 Å². The van der Waals surface area contributed by atoms with Crippen LogP contribution in [0, 0.1) is 11.8 Å². The van der Waals surface area contributed by atoms with Crippen molar-refractivity contribution in [3.05, 3.63) is 0 Å². The summed E-state index contributed by atoms with van der Waals surface area (Å²) >= 11 is 0. The van der Waals surface area contributed by atoms with E-state index < -0.39 is 10.0 Å². The molecule has 1 aliphatic heterocycles. The van der Waals surface area contributed by atoms with Crippen LogP contribution in [0.5, 0.6) is 0 Å². The molecule has 22 heavy (non-hydrogen) atoms. The molecule has 128 valence electrons. The average molecular weight is 331 g/mol. The lowest BCUT2D eigenvalue weighted by Crippen LogP contribution is -2.56. The van der Waals surface area contributed by atoms with Crippen molar-refractivity contribution in [3.63, 3.8) is 0 Å². The summed E-state index contributed by atoms with van der Waals surface area (Å²) in [6, 6.07) is 0.202. The van der Waals surface area contributed by atoms with Crippen molar-refractivity contribution >= 4 is 16.1 Å². The smallest absolute Gasteiger partial charge is 0.317 e. The number of hydrogen-bond acceptors (Lipinski definition) is 3. The predicted octanol–water partition coefficient (Wildman–Crippen LogP) is 1.49. The SMILES string of the molecule is CCS(=O)(=O)N1CCN(C(=O)NC2CCCC(C)C2C)CC1. The summed E-state index contributed by atoms with van der Waals surface area (Å²) in [4.78, 5) is 14.1. The molecule has 1 heterocycles. The molecule has 1 saturated carbocycles. The quantitative estimate of drug-likeness (QED) is 0.852. The highest BCUT2D eigenvalue weighted by Crippen LogP contribution is 2.29. The minimum absolute atomic E-state index is 0.0421. The van der Waals surface area contributed by atoms with Crippen LogP contribution in [0.1, 0.15) is 40.0 Å². The first-order chi connectivity index (χ1) is 10.3. The summed E-state index contributed by atoms with van der Waals surface area (Å²) in [7, 11) is -3.14. The lowest BCUT2D eigenvalue weighted by molar-refractivity contribution is 0.152. The second kappa shape index (κ2) is 7.17. The van der Waals surface area contributed by atoms with Gasteiger partial charge in [-0.25, -0.2) is 13.2 Å². The van der Waals surface area contributed by atoms with Crippen LogP contribution in [-0.4, -0.2) is 61.6 Å². The zero-order valence-electron chi connectivity index (χ0n) is 13.9. The van der Waals surface area contributed by atoms with Crippen molar-refractivity contribution in [2.75, 3.05) is 31.9 Å². The van der Waals surface area contributed by atoms with E-state index in [-0.39, 0.29) is 17.8 Å². The van der Waals surface area contributed by atoms with E-state index >= 15 is 0 Å². The molecule has 2 aliphatic rings. The summed E-state index contributed by atoms with van der Waals surface area (Å²) in [5.41, 5.74) is 0. The minimum Gasteiger partial charge on any atom is -0.335 e. The van der Waals surface area contributed by atoms with Crippen LogP contribution in [0.15, 0.2) is 0 Å². The molecule has 0 aromatic heterocycles. The van der Waals surface area contributed by atoms with E-state index in [1.807, 2.05) is 0 Å². The Labute approximate surface area is 134 Å². The summed E-state index contributed by atoms with van der Waals surface area (Å²) < 4.78 is 25.2. The van der Waals surface area contributed by atoms with E-state index in [9.17, 15) is 13.2 Å². The first-order valence-corrected chi connectivity index (χ1v) is 9.99. The van der Waals surface area contributed by atoms with Crippen LogP contribution in [-0.2, 0) is 10.0 Å². The van der Waals surface area contributed by atoms with Gasteiger partial charge in [0, 0.05) is 32.2 Å². The molecular weight excluding hydrogens is 302 g/mol. The standard InChI is InChI=1S/C15H29N3O3S/c1-4-22(20,21)18-10-8-17(9-11-18)15(19)16-14-7-5-6-12(2)13(14)3/h12-14H,4-11H2,1-3H3,(H,16,19). The Bertz CT molecular complexity index is 486. The molecule has 7 heteroatoms. The Morgan fingerprint density at radius 2 is 1.77 bits per heavy atom. The van der Waals surface area contributed by atoms with Gasteiger partial charge in [0.15, 0.2) is 0 Å². The van der Waals surface area contributed by atoms with Gasteiger partial charge in [0.2, 0.25) is 10.0 Å². The first-order valence-electron chi connectivity index (χ1n) is 8.38. The van der Waals surface area contributed by atoms with Crippen LogP contribution in [0.25, 0.3) is 0 Å². The minimum atomic E-state index is -3.14. The van der Waals surface area contributed by atoms with Crippen molar-refractivity contribution in [1.29, 1.82) is 0 Å². The Morgan fingerprint density at radius 1 is 1.14 bits per heavy atom. The van der Waals surface area contributed by atoms with E-state index in [1.54, 1.807) is 11.8 Å². The number of carbonyl (C=O) groups excluding carboxylic acids is 1. The predicted molar refractivity (Wildman–Crippen MR) is 87.1 cm³/mol. The van der Waals surface area contributed by atoms with Crippen LogP contribution in [0.2, 0.25) is 0 Å². The maximum Gasteiger partial charge on any atom is 0.317 e. The molecule has 0 bridgehead atoms. The van der Waals surface area contributed by atoms with E-state index in [2.05, 4.69) is 19.2 Å². The lowest BCUT2D eigenvalue weighted by atomic mass is 9.78. The van der Waals surface area contributed by atoms with Gasteiger partial charge in [-0.05, 0) is 25.2 Å². The maximum absolute atomic E-state index is 12.4. The van der Waals surface area contributed by atoms with Crippen molar-refractivity contribution in [2.45, 2.75) is 46.1 Å². The summed E-state index contributed by atoms with van der Waals surface area (Å²) in [5.74, 6) is 1.27. The van der Waals surface area contributed by atoms with Crippen LogP contribution >= 0.6 is 0 Å². The summed E-state index contributed by atoms with van der Waals surface area (Å²) in [5, 5.41) is 3.16. The van der Waals surface area contributed by atoms with Gasteiger partial charge in [0.25, 0.3) is 0 Å². The second-order valence-corrected chi connectivity index (χ2v) is 8.87. The number of carbonyl (C=O) groups is 1. The molecule has 0 aromatic rings. The van der Waals surface area contributed by atoms with Crippen molar-refractivity contribution in [1.82, 2.24) is 14.5 Å². The number of nitrogens with zero attached hydrogens (tertiary/aromatic N) is 2. The van der Waals surface area contributed by atoms with Crippen LogP contribution < -0.4 is 5.32 Å². The van der Waals surface area contributed by atoms with Crippen LogP contribution in [0.3, 0.4) is 0 Å². The van der Waals surface area contributed by atoms with Crippen molar-refractivity contribution < 1.29 is 13.2 Å². The Kier molecular flexibility index (Phi) is 5.71. The number of piperazine rings is 1. The first kappa shape index (κ1) is 17.5. The highest BCUT2D eigenvalue weighted by molar-refractivity contribution is 7.89. The Balaban J connectivity index is 1.85. The monoisotopic (exact) mass is 331 g/mol. The molecule has 1 saturated heterocycles. The number of urea groups is 1. The van der Waals surface area contributed by atoms with E-state index in [0.717, 1.165) is 6.42 Å². The topological polar surface area (TPSA) is 69.7 Å². The van der Waals surface area contributed by atoms with Gasteiger partial charge < -0.3 is 10.2 Å². The van der Waals surface area contributed by atoms with Gasteiger partial charge >= 0.3 is 6.03 Å². The number of nitrogens with one attached hydrogen (secondary N) is 1. The molecular formula is C15H29N3O3S. The number of rotatable bonds is 3. The molecule has 0 spiro atoms. The molecule has 0 aromatic carbocycles. The number of hydrogen-bond donors (Lipinski definition) is 1. The Morgan fingerprint density at radius 3 is 2.36 bits per heavy atom. The highest BCUT2D eigenvalue weighted by Gasteiger charge is 2.31. The average Bonchev–Trinajstić information content (AvgIpc) is 2.52. The largest absolute Gasteiger partial charge is 0.335 e. The van der Waals surface area contributed by atoms with E-state index in [0.29, 0.717) is 38.0 Å². The summed E-state index contributed by atoms with van der Waals surface area (Å²) in [6.07, 6.45) is 3.45. The highest BCUT2D eigenvalue weighted by atomic mass is 32.2. The van der Waals surface area contributed by atoms with E-state index in [1.165, 1.54) is 17.1 Å². The Hall–Kier alpha value is -0.820. The second-order valence-electron chi connectivity index (χ2n) is 6.61. The molecule has 3 unspecified atom stereocenters. The fourth-order valence-corrected chi connectivity index (χ4v) is 4.47. The van der Waals surface area contributed by atoms with Gasteiger partial charge in [-0.3, -0.25) is 0 Å². The molecule has 3 atom stereocenters. The van der Waals surface area contributed by atoms with Crippen molar-refractivity contribution in [2.24, 2.45) is 11.8 Å². The fourth-order valence-electron chi connectivity index (χ4n) is 3.39. The molecule has 2 rings (SSSR count). The maximum atomic E-state index is 12.4. The zero-order valence-corrected chi connectivity index (χ0v) is 14.7. The molecule has 2 fully saturated rings. The third-order valence-electron chi connectivity index (χ3n) is 5.30. The molecule has 1 aliphatic carbocycles. The van der Waals surface area contributed by atoms with Crippen LogP contribution in [0.4, 0.5) is 4.79 Å². The van der Waals surface area contributed by atoms with Gasteiger partial charge in [0.1, 0.15) is 0 Å². The molecule has 1 N–H and O–H groups in total. The van der Waals surface area contributed by atoms with Gasteiger partial charge in [0.05, 0.1) is 5.75 Å². The third kappa shape index (κ3) is 3.93. The molecule has 0 radical (unpaired) electrons. The van der Waals surface area contributed by atoms with Crippen molar-refractivity contribution in [3.8, 4) is 0 Å². The number of sulfonamides is 1. The number of amides is 2. The zero-order chi connectivity index (χ0) is 16.3. The molecule has 2 amide bonds.